The average Bonchev–Trinajstić information content (AvgIpc) is 2.68. The number of nitriles is 1. The maximum absolute atomic E-state index is 11.7. The Morgan fingerprint density at radius 3 is 2.70 bits per heavy atom. The summed E-state index contributed by atoms with van der Waals surface area (Å²) in [5.74, 6) is 0. The van der Waals surface area contributed by atoms with E-state index in [0.29, 0.717) is 10.6 Å². The summed E-state index contributed by atoms with van der Waals surface area (Å²) in [6, 6.07) is 8.08. The van der Waals surface area contributed by atoms with Gasteiger partial charge in [-0.2, -0.15) is 5.26 Å². The van der Waals surface area contributed by atoms with E-state index in [1.165, 1.54) is 0 Å². The summed E-state index contributed by atoms with van der Waals surface area (Å²) in [6.07, 6.45) is 5.13. The van der Waals surface area contributed by atoms with Gasteiger partial charge in [0.2, 0.25) is 0 Å². The average molecular weight is 433 g/mol. The first-order chi connectivity index (χ1) is 14.2. The van der Waals surface area contributed by atoms with E-state index in [-0.39, 0.29) is 17.5 Å². The van der Waals surface area contributed by atoms with E-state index in [0.717, 1.165) is 57.3 Å². The molecule has 0 aromatic heterocycles. The summed E-state index contributed by atoms with van der Waals surface area (Å²) >= 11 is 6.25. The first kappa shape index (κ1) is 22.7. The zero-order chi connectivity index (χ0) is 21.9. The lowest BCUT2D eigenvalue weighted by molar-refractivity contribution is 0.0451. The highest BCUT2D eigenvalue weighted by atomic mass is 35.5. The van der Waals surface area contributed by atoms with Crippen LogP contribution in [0.4, 0.5) is 10.5 Å². The molecule has 2 aliphatic rings. The Hall–Kier alpha value is -1.97. The van der Waals surface area contributed by atoms with Gasteiger partial charge in [-0.25, -0.2) is 4.79 Å². The highest BCUT2D eigenvalue weighted by Crippen LogP contribution is 2.42. The number of nitrogens with zero attached hydrogens (tertiary/aromatic N) is 2. The van der Waals surface area contributed by atoms with Gasteiger partial charge in [0.1, 0.15) is 6.07 Å². The van der Waals surface area contributed by atoms with Gasteiger partial charge in [-0.1, -0.05) is 45.2 Å². The molecule has 2 fully saturated rings. The monoisotopic (exact) mass is 432 g/mol. The molecule has 1 aliphatic heterocycles. The lowest BCUT2D eigenvalue weighted by atomic mass is 9.62. The predicted molar refractivity (Wildman–Crippen MR) is 120 cm³/mol. The van der Waals surface area contributed by atoms with Crippen molar-refractivity contribution >= 4 is 23.4 Å². The molecular weight excluding hydrogens is 400 g/mol. The van der Waals surface area contributed by atoms with Gasteiger partial charge in [0, 0.05) is 30.9 Å². The lowest BCUT2D eigenvalue weighted by Gasteiger charge is -2.54. The molecule has 1 heterocycles. The zero-order valence-electron chi connectivity index (χ0n) is 18.2. The van der Waals surface area contributed by atoms with Gasteiger partial charge >= 0.3 is 6.09 Å². The van der Waals surface area contributed by atoms with Crippen molar-refractivity contribution in [2.45, 2.75) is 76.9 Å². The number of hydrogen-bond acceptors (Lipinski definition) is 4. The highest BCUT2D eigenvalue weighted by molar-refractivity contribution is 6.32. The molecule has 7 heteroatoms. The van der Waals surface area contributed by atoms with Crippen molar-refractivity contribution in [1.82, 2.24) is 10.6 Å². The van der Waals surface area contributed by atoms with E-state index in [2.05, 4.69) is 42.4 Å². The van der Waals surface area contributed by atoms with Crippen LogP contribution in [0.25, 0.3) is 0 Å². The van der Waals surface area contributed by atoms with Crippen LogP contribution in [0.2, 0.25) is 5.02 Å². The van der Waals surface area contributed by atoms with Crippen molar-refractivity contribution in [2.75, 3.05) is 18.0 Å². The normalized spacial score (nSPS) is 27.4. The zero-order valence-corrected chi connectivity index (χ0v) is 18.9. The highest BCUT2D eigenvalue weighted by Gasteiger charge is 2.50. The fourth-order valence-electron chi connectivity index (χ4n) is 5.25. The Bertz CT molecular complexity index is 816. The number of nitrogens with one attached hydrogen (secondary N) is 2. The molecule has 3 N–H and O–H groups in total. The molecule has 1 amide bonds. The van der Waals surface area contributed by atoms with Crippen LogP contribution in [0.3, 0.4) is 0 Å². The number of anilines is 1. The van der Waals surface area contributed by atoms with Crippen LogP contribution in [0.5, 0.6) is 0 Å². The summed E-state index contributed by atoms with van der Waals surface area (Å²) in [5.41, 5.74) is 0.833. The molecule has 1 aromatic rings. The van der Waals surface area contributed by atoms with Gasteiger partial charge in [-0.05, 0) is 49.3 Å². The standard InChI is InChI=1S/C23H33ClN4O2/c1-22(2,3)23(27-21(29)30)11-5-4-8-20(23)26-17-7-6-12-28(15-17)18-10-9-16(14-25)19(24)13-18/h9-10,13,17,20,26-27H,4-8,11-12,15H2,1-3H3,(H,29,30). The first-order valence-corrected chi connectivity index (χ1v) is 11.3. The molecule has 0 spiro atoms. The van der Waals surface area contributed by atoms with Crippen LogP contribution in [-0.2, 0) is 0 Å². The Labute approximate surface area is 184 Å². The molecule has 1 saturated carbocycles. The molecule has 6 nitrogen and oxygen atoms in total. The maximum atomic E-state index is 11.7. The minimum absolute atomic E-state index is 0.0943. The Balaban J connectivity index is 1.77. The van der Waals surface area contributed by atoms with E-state index in [1.54, 1.807) is 6.07 Å². The van der Waals surface area contributed by atoms with Gasteiger partial charge < -0.3 is 20.6 Å². The van der Waals surface area contributed by atoms with Gasteiger partial charge in [-0.3, -0.25) is 0 Å². The summed E-state index contributed by atoms with van der Waals surface area (Å²) in [4.78, 5) is 14.0. The van der Waals surface area contributed by atoms with Crippen LogP contribution >= 0.6 is 11.6 Å². The largest absolute Gasteiger partial charge is 0.465 e. The summed E-state index contributed by atoms with van der Waals surface area (Å²) < 4.78 is 0. The summed E-state index contributed by atoms with van der Waals surface area (Å²) in [6.45, 7) is 8.19. The second kappa shape index (κ2) is 9.03. The smallest absolute Gasteiger partial charge is 0.405 e. The third kappa shape index (κ3) is 4.68. The van der Waals surface area contributed by atoms with Gasteiger partial charge in [-0.15, -0.1) is 0 Å². The van der Waals surface area contributed by atoms with Crippen molar-refractivity contribution in [3.05, 3.63) is 28.8 Å². The van der Waals surface area contributed by atoms with Crippen LogP contribution in [0, 0.1) is 16.7 Å². The fraction of sp³-hybridized carbons (Fsp3) is 0.652. The number of piperidine rings is 1. The summed E-state index contributed by atoms with van der Waals surface area (Å²) in [5, 5.41) is 26.0. The van der Waals surface area contributed by atoms with E-state index in [4.69, 9.17) is 16.9 Å². The van der Waals surface area contributed by atoms with E-state index in [1.807, 2.05) is 12.1 Å². The molecular formula is C23H33ClN4O2. The van der Waals surface area contributed by atoms with Crippen LogP contribution in [-0.4, -0.2) is 41.9 Å². The summed E-state index contributed by atoms with van der Waals surface area (Å²) in [7, 11) is 0. The first-order valence-electron chi connectivity index (χ1n) is 10.9. The molecule has 0 radical (unpaired) electrons. The Morgan fingerprint density at radius 1 is 1.30 bits per heavy atom. The number of amides is 1. The number of hydrogen-bond donors (Lipinski definition) is 3. The SMILES string of the molecule is CC(C)(C)C1(NC(=O)O)CCCCC1NC1CCCN(c2ccc(C#N)c(Cl)c2)C1. The molecule has 0 bridgehead atoms. The molecule has 1 aliphatic carbocycles. The number of carbonyl (C=O) groups is 1. The van der Waals surface area contributed by atoms with E-state index >= 15 is 0 Å². The lowest BCUT2D eigenvalue weighted by Crippen LogP contribution is -2.70. The number of halogens is 1. The maximum Gasteiger partial charge on any atom is 0.405 e. The molecule has 164 valence electrons. The van der Waals surface area contributed by atoms with E-state index < -0.39 is 11.6 Å². The molecule has 1 saturated heterocycles. The van der Waals surface area contributed by atoms with E-state index in [9.17, 15) is 9.90 Å². The van der Waals surface area contributed by atoms with Crippen molar-refractivity contribution in [1.29, 1.82) is 5.26 Å². The minimum atomic E-state index is -0.948. The molecule has 3 rings (SSSR count). The van der Waals surface area contributed by atoms with Crippen molar-refractivity contribution < 1.29 is 9.90 Å². The third-order valence-corrected chi connectivity index (χ3v) is 7.19. The van der Waals surface area contributed by atoms with Gasteiger partial charge in [0.15, 0.2) is 0 Å². The molecule has 1 aromatic carbocycles. The molecule has 3 atom stereocenters. The number of benzene rings is 1. The topological polar surface area (TPSA) is 88.4 Å². The molecule has 30 heavy (non-hydrogen) atoms. The van der Waals surface area contributed by atoms with Crippen LogP contribution < -0.4 is 15.5 Å². The van der Waals surface area contributed by atoms with Crippen LogP contribution in [0.15, 0.2) is 18.2 Å². The quantitative estimate of drug-likeness (QED) is 0.638. The van der Waals surface area contributed by atoms with Crippen LogP contribution in [0.1, 0.15) is 64.9 Å². The second-order valence-electron chi connectivity index (χ2n) is 9.68. The fourth-order valence-corrected chi connectivity index (χ4v) is 5.46. The predicted octanol–water partition coefficient (Wildman–Crippen LogP) is 4.77. The van der Waals surface area contributed by atoms with Gasteiger partial charge in [0.25, 0.3) is 0 Å². The number of rotatable bonds is 4. The third-order valence-electron chi connectivity index (χ3n) is 6.87. The Kier molecular flexibility index (Phi) is 6.84. The Morgan fingerprint density at radius 2 is 2.07 bits per heavy atom. The van der Waals surface area contributed by atoms with Gasteiger partial charge in [0.05, 0.1) is 16.1 Å². The number of carboxylic acid groups (broad SMARTS) is 1. The second-order valence-corrected chi connectivity index (χ2v) is 10.1. The van der Waals surface area contributed by atoms with Crippen molar-refractivity contribution in [3.63, 3.8) is 0 Å². The molecule has 3 unspecified atom stereocenters. The van der Waals surface area contributed by atoms with Crippen molar-refractivity contribution in [3.8, 4) is 6.07 Å². The minimum Gasteiger partial charge on any atom is -0.465 e. The van der Waals surface area contributed by atoms with Crippen molar-refractivity contribution in [2.24, 2.45) is 5.41 Å².